The van der Waals surface area contributed by atoms with Crippen LogP contribution in [0, 0.1) is 0 Å². The van der Waals surface area contributed by atoms with Crippen molar-refractivity contribution in [3.63, 3.8) is 0 Å². The zero-order valence-electron chi connectivity index (χ0n) is 8.08. The lowest BCUT2D eigenvalue weighted by Gasteiger charge is -2.13. The van der Waals surface area contributed by atoms with E-state index in [1.54, 1.807) is 11.3 Å². The first kappa shape index (κ1) is 10.4. The Bertz CT molecular complexity index is 300. The van der Waals surface area contributed by atoms with Crippen LogP contribution in [0.1, 0.15) is 11.3 Å². The Kier molecular flexibility index (Phi) is 3.44. The molecule has 1 atom stereocenters. The van der Waals surface area contributed by atoms with Gasteiger partial charge >= 0.3 is 0 Å². The highest BCUT2D eigenvalue weighted by atomic mass is 35.5. The number of rotatable bonds is 3. The first-order valence-corrected chi connectivity index (χ1v) is 6.15. The molecule has 1 fully saturated rings. The molecule has 78 valence electrons. The fourth-order valence-electron chi connectivity index (χ4n) is 1.82. The van der Waals surface area contributed by atoms with Crippen LogP contribution in [-0.2, 0) is 6.42 Å². The molecule has 1 unspecified atom stereocenters. The van der Waals surface area contributed by atoms with E-state index in [0.717, 1.165) is 36.8 Å². The Morgan fingerprint density at radius 3 is 3.00 bits per heavy atom. The standard InChI is InChI=1S/C10H15ClN2S/c11-10-2-1-9(14-10)4-6-13-5-3-8(12)7-13/h1-2,8H,3-7,12H2. The maximum atomic E-state index is 5.86. The minimum Gasteiger partial charge on any atom is -0.326 e. The SMILES string of the molecule is NC1CCN(CCc2ccc(Cl)s2)C1. The largest absolute Gasteiger partial charge is 0.326 e. The third kappa shape index (κ3) is 2.70. The fraction of sp³-hybridized carbons (Fsp3) is 0.600. The van der Waals surface area contributed by atoms with E-state index in [9.17, 15) is 0 Å². The lowest BCUT2D eigenvalue weighted by molar-refractivity contribution is 0.340. The summed E-state index contributed by atoms with van der Waals surface area (Å²) in [5.74, 6) is 0. The normalized spacial score (nSPS) is 23.1. The van der Waals surface area contributed by atoms with Crippen molar-refractivity contribution in [1.29, 1.82) is 0 Å². The number of nitrogens with zero attached hydrogens (tertiary/aromatic N) is 1. The van der Waals surface area contributed by atoms with Crippen molar-refractivity contribution in [2.24, 2.45) is 5.73 Å². The van der Waals surface area contributed by atoms with Gasteiger partial charge in [-0.15, -0.1) is 11.3 Å². The van der Waals surface area contributed by atoms with Gasteiger partial charge in [-0.3, -0.25) is 0 Å². The molecule has 4 heteroatoms. The Morgan fingerprint density at radius 2 is 2.43 bits per heavy atom. The highest BCUT2D eigenvalue weighted by Crippen LogP contribution is 2.22. The average molecular weight is 231 g/mol. The highest BCUT2D eigenvalue weighted by Gasteiger charge is 2.18. The smallest absolute Gasteiger partial charge is 0.0931 e. The highest BCUT2D eigenvalue weighted by molar-refractivity contribution is 7.16. The number of nitrogens with two attached hydrogens (primary N) is 1. The van der Waals surface area contributed by atoms with Crippen LogP contribution in [0.2, 0.25) is 4.34 Å². The van der Waals surface area contributed by atoms with Crippen LogP contribution in [0.15, 0.2) is 12.1 Å². The van der Waals surface area contributed by atoms with E-state index < -0.39 is 0 Å². The molecule has 2 N–H and O–H groups in total. The molecule has 0 amide bonds. The molecule has 0 bridgehead atoms. The fourth-order valence-corrected chi connectivity index (χ4v) is 2.90. The second kappa shape index (κ2) is 4.62. The van der Waals surface area contributed by atoms with E-state index in [1.165, 1.54) is 4.88 Å². The van der Waals surface area contributed by atoms with Gasteiger partial charge in [-0.2, -0.15) is 0 Å². The summed E-state index contributed by atoms with van der Waals surface area (Å²) in [6, 6.07) is 4.47. The summed E-state index contributed by atoms with van der Waals surface area (Å²) >= 11 is 7.54. The third-order valence-corrected chi connectivity index (χ3v) is 3.90. The summed E-state index contributed by atoms with van der Waals surface area (Å²) in [5.41, 5.74) is 5.84. The summed E-state index contributed by atoms with van der Waals surface area (Å²) in [6.07, 6.45) is 2.25. The first-order chi connectivity index (χ1) is 6.74. The van der Waals surface area contributed by atoms with E-state index in [2.05, 4.69) is 11.0 Å². The van der Waals surface area contributed by atoms with Crippen molar-refractivity contribution in [2.45, 2.75) is 18.9 Å². The Balaban J connectivity index is 1.77. The van der Waals surface area contributed by atoms with Gasteiger partial charge in [0.05, 0.1) is 4.34 Å². The van der Waals surface area contributed by atoms with Gasteiger partial charge in [0.1, 0.15) is 0 Å². The molecule has 14 heavy (non-hydrogen) atoms. The molecular weight excluding hydrogens is 216 g/mol. The lowest BCUT2D eigenvalue weighted by Crippen LogP contribution is -2.28. The van der Waals surface area contributed by atoms with Crippen LogP contribution in [-0.4, -0.2) is 30.6 Å². The summed E-state index contributed by atoms with van der Waals surface area (Å²) in [7, 11) is 0. The van der Waals surface area contributed by atoms with E-state index >= 15 is 0 Å². The van der Waals surface area contributed by atoms with Gasteiger partial charge in [-0.1, -0.05) is 11.6 Å². The number of likely N-dealkylation sites (tertiary alicyclic amines) is 1. The van der Waals surface area contributed by atoms with Gasteiger partial charge in [0.15, 0.2) is 0 Å². The second-order valence-corrected chi connectivity index (χ2v) is 5.60. The molecule has 2 heterocycles. The summed E-state index contributed by atoms with van der Waals surface area (Å²) in [4.78, 5) is 3.80. The molecule has 1 aliphatic rings. The molecule has 2 nitrogen and oxygen atoms in total. The predicted octanol–water partition coefficient (Wildman–Crippen LogP) is 1.98. The molecule has 2 rings (SSSR count). The molecule has 1 aliphatic heterocycles. The van der Waals surface area contributed by atoms with Crippen LogP contribution in [0.4, 0.5) is 0 Å². The summed E-state index contributed by atoms with van der Waals surface area (Å²) in [5, 5.41) is 0. The van der Waals surface area contributed by atoms with Crippen molar-refractivity contribution >= 4 is 22.9 Å². The average Bonchev–Trinajstić information content (AvgIpc) is 2.72. The molecule has 0 radical (unpaired) electrons. The minimum absolute atomic E-state index is 0.391. The third-order valence-electron chi connectivity index (χ3n) is 2.61. The molecule has 1 saturated heterocycles. The molecule has 0 spiro atoms. The first-order valence-electron chi connectivity index (χ1n) is 4.96. The monoisotopic (exact) mass is 230 g/mol. The van der Waals surface area contributed by atoms with Crippen molar-refractivity contribution in [3.8, 4) is 0 Å². The molecule has 0 aromatic carbocycles. The minimum atomic E-state index is 0.391. The topological polar surface area (TPSA) is 29.3 Å². The number of hydrogen-bond acceptors (Lipinski definition) is 3. The van der Waals surface area contributed by atoms with Gasteiger partial charge in [-0.05, 0) is 31.5 Å². The van der Waals surface area contributed by atoms with Gasteiger partial charge < -0.3 is 10.6 Å². The van der Waals surface area contributed by atoms with Crippen molar-refractivity contribution in [1.82, 2.24) is 4.90 Å². The molecule has 0 aliphatic carbocycles. The maximum absolute atomic E-state index is 5.86. The van der Waals surface area contributed by atoms with Crippen molar-refractivity contribution in [3.05, 3.63) is 21.3 Å². The van der Waals surface area contributed by atoms with Gasteiger partial charge in [-0.25, -0.2) is 0 Å². The van der Waals surface area contributed by atoms with Crippen LogP contribution < -0.4 is 5.73 Å². The van der Waals surface area contributed by atoms with Crippen molar-refractivity contribution in [2.75, 3.05) is 19.6 Å². The van der Waals surface area contributed by atoms with Gasteiger partial charge in [0, 0.05) is 24.0 Å². The summed E-state index contributed by atoms with van der Waals surface area (Å²) in [6.45, 7) is 3.32. The predicted molar refractivity (Wildman–Crippen MR) is 62.1 cm³/mol. The Labute approximate surface area is 93.7 Å². The Hall–Kier alpha value is -0.0900. The van der Waals surface area contributed by atoms with Crippen LogP contribution in [0.3, 0.4) is 0 Å². The van der Waals surface area contributed by atoms with E-state index in [-0.39, 0.29) is 0 Å². The zero-order chi connectivity index (χ0) is 9.97. The van der Waals surface area contributed by atoms with Gasteiger partial charge in [0.2, 0.25) is 0 Å². The second-order valence-electron chi connectivity index (χ2n) is 3.81. The summed E-state index contributed by atoms with van der Waals surface area (Å²) < 4.78 is 0.887. The van der Waals surface area contributed by atoms with Crippen LogP contribution in [0.5, 0.6) is 0 Å². The maximum Gasteiger partial charge on any atom is 0.0931 e. The van der Waals surface area contributed by atoms with Crippen LogP contribution in [0.25, 0.3) is 0 Å². The van der Waals surface area contributed by atoms with E-state index in [4.69, 9.17) is 17.3 Å². The van der Waals surface area contributed by atoms with E-state index in [0.29, 0.717) is 6.04 Å². The Morgan fingerprint density at radius 1 is 1.57 bits per heavy atom. The quantitative estimate of drug-likeness (QED) is 0.861. The molecule has 0 saturated carbocycles. The van der Waals surface area contributed by atoms with Gasteiger partial charge in [0.25, 0.3) is 0 Å². The number of hydrogen-bond donors (Lipinski definition) is 1. The van der Waals surface area contributed by atoms with E-state index in [1.807, 2.05) is 6.07 Å². The zero-order valence-corrected chi connectivity index (χ0v) is 9.65. The lowest BCUT2D eigenvalue weighted by atomic mass is 10.3. The molecule has 1 aromatic rings. The van der Waals surface area contributed by atoms with Crippen LogP contribution >= 0.6 is 22.9 Å². The number of halogens is 1. The number of thiophene rings is 1. The molecular formula is C10H15ClN2S. The van der Waals surface area contributed by atoms with Crippen molar-refractivity contribution < 1.29 is 0 Å². The molecule has 1 aromatic heterocycles.